The van der Waals surface area contributed by atoms with Crippen molar-refractivity contribution in [3.63, 3.8) is 0 Å². The third-order valence-electron chi connectivity index (χ3n) is 3.19. The van der Waals surface area contributed by atoms with Crippen molar-refractivity contribution in [3.05, 3.63) is 23.8 Å². The standard InChI is InChI=1S/C13H18N2O2/c1-8(9-3-4-9)15-12-7-10(13(16)17-2)5-6-11(12)14/h5-9,15H,3-4,14H2,1-2H3. The number of carbonyl (C=O) groups is 1. The number of carbonyl (C=O) groups excluding carboxylic acids is 1. The van der Waals surface area contributed by atoms with E-state index in [2.05, 4.69) is 17.0 Å². The Bertz CT molecular complexity index is 427. The summed E-state index contributed by atoms with van der Waals surface area (Å²) in [6.07, 6.45) is 2.54. The van der Waals surface area contributed by atoms with Gasteiger partial charge in [-0.25, -0.2) is 4.79 Å². The number of nitrogens with one attached hydrogen (secondary N) is 1. The van der Waals surface area contributed by atoms with Crippen LogP contribution < -0.4 is 11.1 Å². The van der Waals surface area contributed by atoms with Crippen molar-refractivity contribution in [1.82, 2.24) is 0 Å². The highest BCUT2D eigenvalue weighted by Crippen LogP contribution is 2.35. The van der Waals surface area contributed by atoms with E-state index in [1.807, 2.05) is 0 Å². The molecule has 1 atom stereocenters. The lowest BCUT2D eigenvalue weighted by Gasteiger charge is -2.16. The van der Waals surface area contributed by atoms with E-state index in [4.69, 9.17) is 5.73 Å². The molecule has 4 nitrogen and oxygen atoms in total. The second-order valence-electron chi connectivity index (χ2n) is 4.56. The monoisotopic (exact) mass is 234 g/mol. The zero-order valence-corrected chi connectivity index (χ0v) is 10.2. The molecule has 1 aromatic carbocycles. The Kier molecular flexibility index (Phi) is 3.22. The molecular weight excluding hydrogens is 216 g/mol. The van der Waals surface area contributed by atoms with Crippen LogP contribution in [0.25, 0.3) is 0 Å². The Morgan fingerprint density at radius 2 is 2.24 bits per heavy atom. The van der Waals surface area contributed by atoms with E-state index in [0.29, 0.717) is 17.3 Å². The van der Waals surface area contributed by atoms with E-state index in [0.717, 1.165) is 11.6 Å². The zero-order valence-electron chi connectivity index (χ0n) is 10.2. The van der Waals surface area contributed by atoms with Gasteiger partial charge >= 0.3 is 5.97 Å². The van der Waals surface area contributed by atoms with E-state index >= 15 is 0 Å². The lowest BCUT2D eigenvalue weighted by Crippen LogP contribution is -2.18. The maximum atomic E-state index is 11.4. The first kappa shape index (κ1) is 11.8. The van der Waals surface area contributed by atoms with Crippen molar-refractivity contribution < 1.29 is 9.53 Å². The first-order valence-electron chi connectivity index (χ1n) is 5.86. The molecule has 0 aromatic heterocycles. The largest absolute Gasteiger partial charge is 0.465 e. The molecule has 92 valence electrons. The predicted octanol–water partition coefficient (Wildman–Crippen LogP) is 2.27. The van der Waals surface area contributed by atoms with Gasteiger partial charge in [-0.3, -0.25) is 0 Å². The zero-order chi connectivity index (χ0) is 12.4. The maximum Gasteiger partial charge on any atom is 0.337 e. The molecule has 1 unspecified atom stereocenters. The summed E-state index contributed by atoms with van der Waals surface area (Å²) in [5.74, 6) is 0.392. The number of benzene rings is 1. The third-order valence-corrected chi connectivity index (χ3v) is 3.19. The molecule has 0 saturated heterocycles. The average Bonchev–Trinajstić information content (AvgIpc) is 3.14. The minimum absolute atomic E-state index is 0.341. The summed E-state index contributed by atoms with van der Waals surface area (Å²) in [6.45, 7) is 2.14. The highest BCUT2D eigenvalue weighted by molar-refractivity contribution is 5.91. The minimum atomic E-state index is -0.341. The topological polar surface area (TPSA) is 64.3 Å². The molecule has 4 heteroatoms. The van der Waals surface area contributed by atoms with Crippen LogP contribution in [-0.2, 0) is 4.74 Å². The molecule has 0 aliphatic heterocycles. The molecule has 1 fully saturated rings. The molecule has 3 N–H and O–H groups in total. The number of ether oxygens (including phenoxy) is 1. The fraction of sp³-hybridized carbons (Fsp3) is 0.462. The molecule has 0 spiro atoms. The summed E-state index contributed by atoms with van der Waals surface area (Å²) >= 11 is 0. The van der Waals surface area contributed by atoms with Gasteiger partial charge in [0.25, 0.3) is 0 Å². The molecule has 0 radical (unpaired) electrons. The molecule has 0 heterocycles. The first-order chi connectivity index (χ1) is 8.11. The maximum absolute atomic E-state index is 11.4. The van der Waals surface area contributed by atoms with Gasteiger partial charge in [0.1, 0.15) is 0 Å². The fourth-order valence-electron chi connectivity index (χ4n) is 1.89. The second-order valence-corrected chi connectivity index (χ2v) is 4.56. The lowest BCUT2D eigenvalue weighted by atomic mass is 10.1. The van der Waals surface area contributed by atoms with Gasteiger partial charge in [0.05, 0.1) is 24.0 Å². The number of methoxy groups -OCH3 is 1. The average molecular weight is 234 g/mol. The highest BCUT2D eigenvalue weighted by atomic mass is 16.5. The molecule has 0 amide bonds. The Balaban J connectivity index is 2.16. The van der Waals surface area contributed by atoms with Crippen LogP contribution in [0.2, 0.25) is 0 Å². The van der Waals surface area contributed by atoms with Crippen molar-refractivity contribution in [1.29, 1.82) is 0 Å². The van der Waals surface area contributed by atoms with E-state index in [-0.39, 0.29) is 5.97 Å². The Morgan fingerprint density at radius 3 is 2.82 bits per heavy atom. The summed E-state index contributed by atoms with van der Waals surface area (Å²) in [5.41, 5.74) is 7.88. The van der Waals surface area contributed by atoms with E-state index in [1.54, 1.807) is 18.2 Å². The molecule has 1 saturated carbocycles. The van der Waals surface area contributed by atoms with Crippen LogP contribution in [0.1, 0.15) is 30.1 Å². The van der Waals surface area contributed by atoms with Crippen molar-refractivity contribution in [2.75, 3.05) is 18.2 Å². The molecule has 2 rings (SSSR count). The third kappa shape index (κ3) is 2.70. The lowest BCUT2D eigenvalue weighted by molar-refractivity contribution is 0.0601. The van der Waals surface area contributed by atoms with Crippen LogP contribution >= 0.6 is 0 Å². The van der Waals surface area contributed by atoms with Crippen LogP contribution in [0, 0.1) is 5.92 Å². The molecule has 17 heavy (non-hydrogen) atoms. The smallest absolute Gasteiger partial charge is 0.337 e. The number of anilines is 2. The van der Waals surface area contributed by atoms with Crippen LogP contribution in [0.4, 0.5) is 11.4 Å². The minimum Gasteiger partial charge on any atom is -0.465 e. The van der Waals surface area contributed by atoms with Crippen LogP contribution in [0.15, 0.2) is 18.2 Å². The van der Waals surface area contributed by atoms with Crippen molar-refractivity contribution >= 4 is 17.3 Å². The van der Waals surface area contributed by atoms with Gasteiger partial charge in [-0.2, -0.15) is 0 Å². The Morgan fingerprint density at radius 1 is 1.53 bits per heavy atom. The number of nitrogen functional groups attached to an aromatic ring is 1. The first-order valence-corrected chi connectivity index (χ1v) is 5.86. The fourth-order valence-corrected chi connectivity index (χ4v) is 1.89. The van der Waals surface area contributed by atoms with Crippen molar-refractivity contribution in [3.8, 4) is 0 Å². The Hall–Kier alpha value is -1.71. The number of nitrogens with two attached hydrogens (primary N) is 1. The van der Waals surface area contributed by atoms with Crippen molar-refractivity contribution in [2.45, 2.75) is 25.8 Å². The summed E-state index contributed by atoms with van der Waals surface area (Å²) in [5, 5.41) is 3.36. The van der Waals surface area contributed by atoms with Crippen molar-refractivity contribution in [2.24, 2.45) is 5.92 Å². The van der Waals surface area contributed by atoms with Crippen LogP contribution in [-0.4, -0.2) is 19.1 Å². The molecule has 1 aliphatic rings. The number of hydrogen-bond donors (Lipinski definition) is 2. The Labute approximate surface area is 101 Å². The van der Waals surface area contributed by atoms with Gasteiger partial charge in [0.15, 0.2) is 0 Å². The molecule has 1 aliphatic carbocycles. The van der Waals surface area contributed by atoms with E-state index < -0.39 is 0 Å². The second kappa shape index (κ2) is 4.65. The van der Waals surface area contributed by atoms with Gasteiger partial charge in [0, 0.05) is 6.04 Å². The highest BCUT2D eigenvalue weighted by Gasteiger charge is 2.28. The van der Waals surface area contributed by atoms with Gasteiger partial charge in [0.2, 0.25) is 0 Å². The molecule has 0 bridgehead atoms. The van der Waals surface area contributed by atoms with Gasteiger partial charge < -0.3 is 15.8 Å². The number of esters is 1. The SMILES string of the molecule is COC(=O)c1ccc(N)c(NC(C)C2CC2)c1. The summed E-state index contributed by atoms with van der Waals surface area (Å²) in [6, 6.07) is 5.55. The van der Waals surface area contributed by atoms with E-state index in [9.17, 15) is 4.79 Å². The van der Waals surface area contributed by atoms with E-state index in [1.165, 1.54) is 20.0 Å². The molecular formula is C13H18N2O2. The quantitative estimate of drug-likeness (QED) is 0.619. The van der Waals surface area contributed by atoms with Crippen LogP contribution in [0.3, 0.4) is 0 Å². The number of rotatable bonds is 4. The summed E-state index contributed by atoms with van der Waals surface area (Å²) < 4.78 is 4.69. The van der Waals surface area contributed by atoms with Gasteiger partial charge in [-0.15, -0.1) is 0 Å². The predicted molar refractivity (Wildman–Crippen MR) is 68.0 cm³/mol. The van der Waals surface area contributed by atoms with Crippen LogP contribution in [0.5, 0.6) is 0 Å². The normalized spacial score (nSPS) is 16.4. The number of hydrogen-bond acceptors (Lipinski definition) is 4. The van der Waals surface area contributed by atoms with Gasteiger partial charge in [-0.05, 0) is 43.9 Å². The summed E-state index contributed by atoms with van der Waals surface area (Å²) in [4.78, 5) is 11.4. The van der Waals surface area contributed by atoms with Gasteiger partial charge in [-0.1, -0.05) is 0 Å². The summed E-state index contributed by atoms with van der Waals surface area (Å²) in [7, 11) is 1.37. The molecule has 1 aromatic rings.